The monoisotopic (exact) mass is 190 g/mol. The van der Waals surface area contributed by atoms with Crippen molar-refractivity contribution in [3.05, 3.63) is 23.1 Å². The fourth-order valence-electron chi connectivity index (χ4n) is 1.20. The van der Waals surface area contributed by atoms with E-state index in [1.165, 1.54) is 17.4 Å². The summed E-state index contributed by atoms with van der Waals surface area (Å²) in [6.45, 7) is 0. The third-order valence-corrected chi connectivity index (χ3v) is 2.85. The minimum Gasteiger partial charge on any atom is -0.506 e. The molecule has 3 N–H and O–H groups in total. The van der Waals surface area contributed by atoms with Gasteiger partial charge in [0.2, 0.25) is 0 Å². The van der Waals surface area contributed by atoms with Crippen LogP contribution < -0.4 is 5.73 Å². The van der Waals surface area contributed by atoms with Gasteiger partial charge in [-0.25, -0.2) is 0 Å². The molecule has 2 rings (SSSR count). The summed E-state index contributed by atoms with van der Waals surface area (Å²) in [7, 11) is 0. The van der Waals surface area contributed by atoms with E-state index in [9.17, 15) is 5.11 Å². The normalized spacial score (nSPS) is 10.1. The molecule has 0 spiro atoms. The van der Waals surface area contributed by atoms with Crippen molar-refractivity contribution in [2.24, 2.45) is 0 Å². The van der Waals surface area contributed by atoms with Crippen LogP contribution in [0.3, 0.4) is 0 Å². The van der Waals surface area contributed by atoms with Gasteiger partial charge in [-0.3, -0.25) is 0 Å². The summed E-state index contributed by atoms with van der Waals surface area (Å²) < 4.78 is 0.733. The molecule has 64 valence electrons. The van der Waals surface area contributed by atoms with Crippen molar-refractivity contribution >= 4 is 27.1 Å². The second-order valence-electron chi connectivity index (χ2n) is 2.67. The fourth-order valence-corrected chi connectivity index (χ4v) is 2.06. The number of hydrogen-bond donors (Lipinski definition) is 2. The molecule has 0 bridgehead atoms. The maximum absolute atomic E-state index is 9.50. The lowest BCUT2D eigenvalue weighted by Gasteiger charge is -1.96. The number of thiophene rings is 1. The van der Waals surface area contributed by atoms with Crippen LogP contribution >= 0.6 is 11.3 Å². The van der Waals surface area contributed by atoms with Crippen molar-refractivity contribution in [2.45, 2.75) is 0 Å². The first-order chi connectivity index (χ1) is 6.22. The van der Waals surface area contributed by atoms with Crippen LogP contribution in [0.4, 0.5) is 5.69 Å². The van der Waals surface area contributed by atoms with Crippen molar-refractivity contribution in [3.8, 4) is 11.8 Å². The van der Waals surface area contributed by atoms with Crippen molar-refractivity contribution in [2.75, 3.05) is 5.73 Å². The minimum atomic E-state index is 0.121. The lowest BCUT2D eigenvalue weighted by Crippen LogP contribution is -1.81. The number of rotatable bonds is 0. The van der Waals surface area contributed by atoms with E-state index >= 15 is 0 Å². The van der Waals surface area contributed by atoms with Gasteiger partial charge in [0.05, 0.1) is 22.0 Å². The molecule has 0 saturated heterocycles. The van der Waals surface area contributed by atoms with Crippen molar-refractivity contribution in [3.63, 3.8) is 0 Å². The van der Waals surface area contributed by atoms with Gasteiger partial charge in [-0.2, -0.15) is 5.26 Å². The molecule has 0 aliphatic heterocycles. The standard InChI is InChI=1S/C9H6N2OS/c10-3-5-1-6-7(11)4-13-9(6)8(12)2-5/h1-2,4,12H,11H2. The fraction of sp³-hybridized carbons (Fsp3) is 0. The third-order valence-electron chi connectivity index (χ3n) is 1.81. The molecule has 0 radical (unpaired) electrons. The molecule has 13 heavy (non-hydrogen) atoms. The summed E-state index contributed by atoms with van der Waals surface area (Å²) >= 11 is 1.38. The van der Waals surface area contributed by atoms with Crippen LogP contribution in [0.15, 0.2) is 17.5 Å². The summed E-state index contributed by atoms with van der Waals surface area (Å²) in [6, 6.07) is 5.09. The molecule has 0 saturated carbocycles. The highest BCUT2D eigenvalue weighted by atomic mass is 32.1. The van der Waals surface area contributed by atoms with Gasteiger partial charge < -0.3 is 10.8 Å². The van der Waals surface area contributed by atoms with E-state index in [1.807, 2.05) is 6.07 Å². The zero-order valence-electron chi connectivity index (χ0n) is 6.61. The first-order valence-electron chi connectivity index (χ1n) is 3.62. The first kappa shape index (κ1) is 7.90. The van der Waals surface area contributed by atoms with E-state index in [4.69, 9.17) is 11.0 Å². The second-order valence-corrected chi connectivity index (χ2v) is 3.55. The second kappa shape index (κ2) is 2.64. The lowest BCUT2D eigenvalue weighted by atomic mass is 10.1. The van der Waals surface area contributed by atoms with Crippen molar-refractivity contribution in [1.29, 1.82) is 5.26 Å². The van der Waals surface area contributed by atoms with Gasteiger partial charge in [0, 0.05) is 10.8 Å². The van der Waals surface area contributed by atoms with Crippen LogP contribution in [0.1, 0.15) is 5.56 Å². The quantitative estimate of drug-likeness (QED) is 0.668. The van der Waals surface area contributed by atoms with E-state index < -0.39 is 0 Å². The Morgan fingerprint density at radius 3 is 2.92 bits per heavy atom. The predicted octanol–water partition coefficient (Wildman–Crippen LogP) is 2.06. The van der Waals surface area contributed by atoms with E-state index in [0.717, 1.165) is 10.1 Å². The molecule has 1 heterocycles. The largest absolute Gasteiger partial charge is 0.506 e. The van der Waals surface area contributed by atoms with Crippen LogP contribution in [-0.4, -0.2) is 5.11 Å². The summed E-state index contributed by atoms with van der Waals surface area (Å²) in [6.07, 6.45) is 0. The molecule has 0 fully saturated rings. The molecule has 0 aliphatic rings. The molecule has 2 aromatic rings. The van der Waals surface area contributed by atoms with E-state index in [1.54, 1.807) is 11.4 Å². The topological polar surface area (TPSA) is 70.0 Å². The summed E-state index contributed by atoms with van der Waals surface area (Å²) in [5, 5.41) is 20.7. The number of anilines is 1. The van der Waals surface area contributed by atoms with Crippen LogP contribution in [-0.2, 0) is 0 Å². The van der Waals surface area contributed by atoms with Crippen molar-refractivity contribution < 1.29 is 5.11 Å². The number of nitriles is 1. The Bertz CT molecular complexity index is 510. The molecule has 4 heteroatoms. The van der Waals surface area contributed by atoms with Crippen molar-refractivity contribution in [1.82, 2.24) is 0 Å². The van der Waals surface area contributed by atoms with E-state index in [-0.39, 0.29) is 5.75 Å². The van der Waals surface area contributed by atoms with Gasteiger partial charge in [-0.1, -0.05) is 0 Å². The molecule has 0 aliphatic carbocycles. The zero-order chi connectivity index (χ0) is 9.42. The number of aromatic hydroxyl groups is 1. The number of phenols is 1. The van der Waals surface area contributed by atoms with Crippen LogP contribution in [0.5, 0.6) is 5.75 Å². The lowest BCUT2D eigenvalue weighted by molar-refractivity contribution is 0.482. The Morgan fingerprint density at radius 1 is 1.46 bits per heavy atom. The molecule has 0 unspecified atom stereocenters. The Hall–Kier alpha value is -1.73. The summed E-state index contributed by atoms with van der Waals surface area (Å²) in [4.78, 5) is 0. The smallest absolute Gasteiger partial charge is 0.134 e. The molecular formula is C9H6N2OS. The molecule has 1 aromatic heterocycles. The number of fused-ring (bicyclic) bond motifs is 1. The third kappa shape index (κ3) is 1.10. The van der Waals surface area contributed by atoms with Gasteiger partial charge in [0.1, 0.15) is 5.75 Å². The maximum Gasteiger partial charge on any atom is 0.134 e. The number of phenolic OH excluding ortho intramolecular Hbond substituents is 1. The first-order valence-corrected chi connectivity index (χ1v) is 4.50. The zero-order valence-corrected chi connectivity index (χ0v) is 7.43. The van der Waals surface area contributed by atoms with Gasteiger partial charge in [0.15, 0.2) is 0 Å². The number of nitrogen functional groups attached to an aromatic ring is 1. The molecule has 3 nitrogen and oxygen atoms in total. The molecular weight excluding hydrogens is 184 g/mol. The van der Waals surface area contributed by atoms with E-state index in [0.29, 0.717) is 11.3 Å². The molecule has 0 atom stereocenters. The number of benzene rings is 1. The minimum absolute atomic E-state index is 0.121. The Labute approximate surface area is 78.6 Å². The Kier molecular flexibility index (Phi) is 1.61. The summed E-state index contributed by atoms with van der Waals surface area (Å²) in [5.41, 5.74) is 6.69. The predicted molar refractivity (Wildman–Crippen MR) is 52.6 cm³/mol. The van der Waals surface area contributed by atoms with Gasteiger partial charge in [-0.05, 0) is 12.1 Å². The highest BCUT2D eigenvalue weighted by Crippen LogP contribution is 2.35. The highest BCUT2D eigenvalue weighted by Gasteiger charge is 2.07. The highest BCUT2D eigenvalue weighted by molar-refractivity contribution is 7.18. The average Bonchev–Trinajstić information content (AvgIpc) is 2.48. The Morgan fingerprint density at radius 2 is 2.23 bits per heavy atom. The van der Waals surface area contributed by atoms with Crippen LogP contribution in [0.25, 0.3) is 10.1 Å². The number of nitrogens with zero attached hydrogens (tertiary/aromatic N) is 1. The Balaban J connectivity index is 2.90. The van der Waals surface area contributed by atoms with Gasteiger partial charge in [0.25, 0.3) is 0 Å². The maximum atomic E-state index is 9.50. The van der Waals surface area contributed by atoms with Crippen LogP contribution in [0.2, 0.25) is 0 Å². The SMILES string of the molecule is N#Cc1cc(O)c2scc(N)c2c1. The summed E-state index contributed by atoms with van der Waals surface area (Å²) in [5.74, 6) is 0.121. The van der Waals surface area contributed by atoms with Gasteiger partial charge >= 0.3 is 0 Å². The number of hydrogen-bond acceptors (Lipinski definition) is 4. The molecule has 1 aromatic carbocycles. The molecule has 0 amide bonds. The average molecular weight is 190 g/mol. The van der Waals surface area contributed by atoms with Crippen LogP contribution in [0, 0.1) is 11.3 Å². The number of nitrogens with two attached hydrogens (primary N) is 1. The van der Waals surface area contributed by atoms with Gasteiger partial charge in [-0.15, -0.1) is 11.3 Å². The van der Waals surface area contributed by atoms with E-state index in [2.05, 4.69) is 0 Å².